The molecule has 0 aromatic heterocycles. The van der Waals surface area contributed by atoms with E-state index < -0.39 is 18.5 Å². The predicted molar refractivity (Wildman–Crippen MR) is 73.6 cm³/mol. The highest BCUT2D eigenvalue weighted by Gasteiger charge is 2.32. The van der Waals surface area contributed by atoms with Crippen LogP contribution in [-0.4, -0.2) is 17.7 Å². The maximum absolute atomic E-state index is 14.0. The molecule has 0 atom stereocenters. The predicted octanol–water partition coefficient (Wildman–Crippen LogP) is 3.14. The van der Waals surface area contributed by atoms with E-state index in [1.165, 1.54) is 36.4 Å². The number of carbonyl (C=O) groups is 1. The smallest absolute Gasteiger partial charge is 0.335 e. The number of rotatable bonds is 5. The van der Waals surface area contributed by atoms with Crippen molar-refractivity contribution in [2.45, 2.75) is 5.92 Å². The van der Waals surface area contributed by atoms with Crippen LogP contribution >= 0.6 is 0 Å². The Morgan fingerprint density at radius 1 is 1.19 bits per heavy atom. The fourth-order valence-corrected chi connectivity index (χ4v) is 1.73. The van der Waals surface area contributed by atoms with Crippen LogP contribution in [0.4, 0.5) is 14.5 Å². The molecule has 0 radical (unpaired) electrons. The molecule has 2 aromatic rings. The molecule has 0 spiro atoms. The first-order valence-corrected chi connectivity index (χ1v) is 6.09. The summed E-state index contributed by atoms with van der Waals surface area (Å²) in [6.45, 7) is -0.926. The molecule has 2 aromatic carbocycles. The van der Waals surface area contributed by atoms with Crippen LogP contribution < -0.4 is 10.5 Å². The van der Waals surface area contributed by atoms with Gasteiger partial charge in [0.05, 0.1) is 11.3 Å². The first-order valence-electron chi connectivity index (χ1n) is 6.09. The van der Waals surface area contributed by atoms with E-state index >= 15 is 0 Å². The third-order valence-electron chi connectivity index (χ3n) is 2.87. The average Bonchev–Trinajstić information content (AvgIpc) is 2.47. The zero-order valence-corrected chi connectivity index (χ0v) is 10.9. The zero-order valence-electron chi connectivity index (χ0n) is 10.9. The van der Waals surface area contributed by atoms with Crippen LogP contribution in [0.2, 0.25) is 0 Å². The number of nitrogen functional groups attached to an aromatic ring is 1. The summed E-state index contributed by atoms with van der Waals surface area (Å²) in [6, 6.07) is 10.9. The number of hydrogen-bond donors (Lipinski definition) is 2. The van der Waals surface area contributed by atoms with Gasteiger partial charge in [-0.1, -0.05) is 30.3 Å². The van der Waals surface area contributed by atoms with Crippen molar-refractivity contribution in [1.82, 2.24) is 0 Å². The van der Waals surface area contributed by atoms with Gasteiger partial charge in [0.2, 0.25) is 0 Å². The maximum Gasteiger partial charge on any atom is 0.335 e. The molecule has 0 aliphatic carbocycles. The number of aromatic carboxylic acids is 1. The Morgan fingerprint density at radius 2 is 1.86 bits per heavy atom. The second kappa shape index (κ2) is 5.78. The number of ether oxygens (including phenoxy) is 1. The highest BCUT2D eigenvalue weighted by atomic mass is 19.3. The van der Waals surface area contributed by atoms with Crippen LogP contribution in [0.3, 0.4) is 0 Å². The minimum atomic E-state index is -3.20. The topological polar surface area (TPSA) is 72.6 Å². The van der Waals surface area contributed by atoms with Gasteiger partial charge in [-0.3, -0.25) is 0 Å². The van der Waals surface area contributed by atoms with Crippen molar-refractivity contribution in [2.75, 3.05) is 12.3 Å². The first kappa shape index (κ1) is 14.8. The molecule has 0 aliphatic rings. The lowest BCUT2D eigenvalue weighted by atomic mass is 10.1. The van der Waals surface area contributed by atoms with Gasteiger partial charge in [0.15, 0.2) is 6.61 Å². The Bertz CT molecular complexity index is 645. The molecule has 0 bridgehead atoms. The number of hydrogen-bond acceptors (Lipinski definition) is 3. The summed E-state index contributed by atoms with van der Waals surface area (Å²) < 4.78 is 32.9. The Labute approximate surface area is 119 Å². The molecular weight excluding hydrogens is 280 g/mol. The van der Waals surface area contributed by atoms with E-state index in [0.717, 1.165) is 6.07 Å². The minimum absolute atomic E-state index is 0.0782. The maximum atomic E-state index is 14.0. The van der Waals surface area contributed by atoms with Crippen molar-refractivity contribution in [3.63, 3.8) is 0 Å². The van der Waals surface area contributed by atoms with Crippen LogP contribution in [-0.2, 0) is 5.92 Å². The van der Waals surface area contributed by atoms with Gasteiger partial charge >= 0.3 is 11.9 Å². The molecule has 110 valence electrons. The Hall–Kier alpha value is -2.63. The molecule has 6 heteroatoms. The van der Waals surface area contributed by atoms with Gasteiger partial charge in [-0.25, -0.2) is 4.79 Å². The van der Waals surface area contributed by atoms with E-state index in [0.29, 0.717) is 0 Å². The number of halogens is 2. The molecule has 0 heterocycles. The molecule has 0 aliphatic heterocycles. The van der Waals surface area contributed by atoms with Gasteiger partial charge in [-0.05, 0) is 18.2 Å². The van der Waals surface area contributed by atoms with E-state index in [4.69, 9.17) is 15.6 Å². The Balaban J connectivity index is 2.16. The number of carboxylic acids is 1. The van der Waals surface area contributed by atoms with Crippen molar-refractivity contribution >= 4 is 11.7 Å². The highest BCUT2D eigenvalue weighted by molar-refractivity contribution is 5.89. The van der Waals surface area contributed by atoms with Crippen molar-refractivity contribution in [2.24, 2.45) is 0 Å². The molecule has 0 unspecified atom stereocenters. The number of anilines is 1. The van der Waals surface area contributed by atoms with Gasteiger partial charge in [0.1, 0.15) is 5.75 Å². The van der Waals surface area contributed by atoms with Crippen LogP contribution in [0.1, 0.15) is 15.9 Å². The van der Waals surface area contributed by atoms with E-state index in [9.17, 15) is 13.6 Å². The second-order valence-corrected chi connectivity index (χ2v) is 4.42. The third kappa shape index (κ3) is 3.47. The molecule has 2 rings (SSSR count). The molecule has 4 nitrogen and oxygen atoms in total. The quantitative estimate of drug-likeness (QED) is 0.831. The normalized spacial score (nSPS) is 11.1. The highest BCUT2D eigenvalue weighted by Crippen LogP contribution is 2.30. The van der Waals surface area contributed by atoms with E-state index in [1.807, 2.05) is 0 Å². The molecule has 0 amide bonds. The van der Waals surface area contributed by atoms with Gasteiger partial charge < -0.3 is 15.6 Å². The average molecular weight is 293 g/mol. The molecule has 0 fully saturated rings. The summed E-state index contributed by atoms with van der Waals surface area (Å²) >= 11 is 0. The molecule has 3 N–H and O–H groups in total. The van der Waals surface area contributed by atoms with Crippen LogP contribution in [0.25, 0.3) is 0 Å². The lowest BCUT2D eigenvalue weighted by Gasteiger charge is -2.18. The molecular formula is C15H13F2NO3. The van der Waals surface area contributed by atoms with Crippen molar-refractivity contribution in [3.8, 4) is 5.75 Å². The number of carboxylic acid groups (broad SMARTS) is 1. The van der Waals surface area contributed by atoms with Crippen LogP contribution in [0.15, 0.2) is 48.5 Å². The zero-order chi connectivity index (χ0) is 15.5. The first-order chi connectivity index (χ1) is 9.90. The lowest BCUT2D eigenvalue weighted by Crippen LogP contribution is -2.23. The number of benzene rings is 2. The summed E-state index contributed by atoms with van der Waals surface area (Å²) in [4.78, 5) is 10.8. The monoisotopic (exact) mass is 293 g/mol. The SMILES string of the molecule is Nc1ccc(C(=O)O)cc1OCC(F)(F)c1ccccc1. The third-order valence-corrected chi connectivity index (χ3v) is 2.87. The summed E-state index contributed by atoms with van der Waals surface area (Å²) in [7, 11) is 0. The van der Waals surface area contributed by atoms with E-state index in [2.05, 4.69) is 0 Å². The van der Waals surface area contributed by atoms with Gasteiger partial charge in [0.25, 0.3) is 0 Å². The number of alkyl halides is 2. The molecule has 0 saturated heterocycles. The summed E-state index contributed by atoms with van der Waals surface area (Å²) in [6.07, 6.45) is 0. The standard InChI is InChI=1S/C15H13F2NO3/c16-15(17,11-4-2-1-3-5-11)9-21-13-8-10(14(19)20)6-7-12(13)18/h1-8H,9,18H2,(H,19,20). The summed E-state index contributed by atoms with van der Waals surface area (Å²) in [5.74, 6) is -4.47. The summed E-state index contributed by atoms with van der Waals surface area (Å²) in [5.41, 5.74) is 5.43. The minimum Gasteiger partial charge on any atom is -0.485 e. The molecule has 0 saturated carbocycles. The lowest BCUT2D eigenvalue weighted by molar-refractivity contribution is -0.0465. The van der Waals surface area contributed by atoms with Crippen LogP contribution in [0, 0.1) is 0 Å². The van der Waals surface area contributed by atoms with Gasteiger partial charge in [-0.2, -0.15) is 8.78 Å². The number of nitrogens with two attached hydrogens (primary N) is 1. The largest absolute Gasteiger partial charge is 0.485 e. The van der Waals surface area contributed by atoms with Crippen LogP contribution in [0.5, 0.6) is 5.75 Å². The molecule has 21 heavy (non-hydrogen) atoms. The van der Waals surface area contributed by atoms with Gasteiger partial charge in [-0.15, -0.1) is 0 Å². The second-order valence-electron chi connectivity index (χ2n) is 4.42. The van der Waals surface area contributed by atoms with Gasteiger partial charge in [0, 0.05) is 5.56 Å². The van der Waals surface area contributed by atoms with Crippen molar-refractivity contribution < 1.29 is 23.4 Å². The Morgan fingerprint density at radius 3 is 2.48 bits per heavy atom. The van der Waals surface area contributed by atoms with E-state index in [-0.39, 0.29) is 22.6 Å². The van der Waals surface area contributed by atoms with E-state index in [1.54, 1.807) is 6.07 Å². The fraction of sp³-hybridized carbons (Fsp3) is 0.133. The fourth-order valence-electron chi connectivity index (χ4n) is 1.73. The Kier molecular flexibility index (Phi) is 4.07. The van der Waals surface area contributed by atoms with Crippen molar-refractivity contribution in [1.29, 1.82) is 0 Å². The van der Waals surface area contributed by atoms with Crippen molar-refractivity contribution in [3.05, 3.63) is 59.7 Å². The summed E-state index contributed by atoms with van der Waals surface area (Å²) in [5, 5.41) is 8.86.